The van der Waals surface area contributed by atoms with Crippen LogP contribution in [0.2, 0.25) is 0 Å². The quantitative estimate of drug-likeness (QED) is 0.117. The zero-order valence-electron chi connectivity index (χ0n) is 21.4. The van der Waals surface area contributed by atoms with Crippen LogP contribution < -0.4 is 10.4 Å². The number of rotatable bonds is 19. The summed E-state index contributed by atoms with van der Waals surface area (Å²) in [4.78, 5) is 23.6. The monoisotopic (exact) mass is 472 g/mol. The molecular formula is C29H44O5. The molecule has 0 saturated carbocycles. The zero-order chi connectivity index (χ0) is 24.4. The molecule has 190 valence electrons. The van der Waals surface area contributed by atoms with E-state index in [9.17, 15) is 9.59 Å². The predicted molar refractivity (Wildman–Crippen MR) is 139 cm³/mol. The van der Waals surface area contributed by atoms with Gasteiger partial charge in [0.25, 0.3) is 0 Å². The fourth-order valence-corrected chi connectivity index (χ4v) is 4.27. The van der Waals surface area contributed by atoms with Crippen molar-refractivity contribution in [3.8, 4) is 5.75 Å². The van der Waals surface area contributed by atoms with Gasteiger partial charge in [-0.2, -0.15) is 0 Å². The van der Waals surface area contributed by atoms with Crippen LogP contribution in [0.25, 0.3) is 11.0 Å². The number of carbonyl (C=O) groups excluding carboxylic acids is 1. The summed E-state index contributed by atoms with van der Waals surface area (Å²) in [6.45, 7) is 2.92. The number of fused-ring (bicyclic) bond motifs is 1. The molecule has 0 radical (unpaired) electrons. The normalized spacial score (nSPS) is 11.1. The van der Waals surface area contributed by atoms with Crippen LogP contribution in [-0.2, 0) is 4.74 Å². The zero-order valence-corrected chi connectivity index (χ0v) is 21.4. The van der Waals surface area contributed by atoms with Crippen LogP contribution in [0.4, 0.5) is 0 Å². The smallest absolute Gasteiger partial charge is 0.351 e. The van der Waals surface area contributed by atoms with Crippen molar-refractivity contribution < 1.29 is 18.7 Å². The minimum atomic E-state index is -0.700. The summed E-state index contributed by atoms with van der Waals surface area (Å²) in [5, 5.41) is 0.662. The second-order valence-corrected chi connectivity index (χ2v) is 9.29. The van der Waals surface area contributed by atoms with Gasteiger partial charge in [0.05, 0.1) is 13.7 Å². The maximum absolute atomic E-state index is 12.0. The summed E-state index contributed by atoms with van der Waals surface area (Å²) in [5.41, 5.74) is -0.395. The highest BCUT2D eigenvalue weighted by Crippen LogP contribution is 2.21. The summed E-state index contributed by atoms with van der Waals surface area (Å²) in [6, 6.07) is 6.81. The molecule has 0 fully saturated rings. The van der Waals surface area contributed by atoms with E-state index in [0.717, 1.165) is 6.42 Å². The van der Waals surface area contributed by atoms with Crippen LogP contribution in [0.1, 0.15) is 120 Å². The van der Waals surface area contributed by atoms with Crippen molar-refractivity contribution >= 4 is 16.9 Å². The summed E-state index contributed by atoms with van der Waals surface area (Å²) >= 11 is 0. The van der Waals surface area contributed by atoms with Gasteiger partial charge in [0, 0.05) is 11.5 Å². The lowest BCUT2D eigenvalue weighted by atomic mass is 10.0. The van der Waals surface area contributed by atoms with Gasteiger partial charge in [0.15, 0.2) is 0 Å². The molecule has 0 bridgehead atoms. The van der Waals surface area contributed by atoms with Gasteiger partial charge in [0.2, 0.25) is 0 Å². The summed E-state index contributed by atoms with van der Waals surface area (Å²) in [6.07, 6.45) is 21.5. The molecule has 0 aliphatic heterocycles. The van der Waals surface area contributed by atoms with Gasteiger partial charge < -0.3 is 13.9 Å². The fourth-order valence-electron chi connectivity index (χ4n) is 4.27. The lowest BCUT2D eigenvalue weighted by Gasteiger charge is -2.07. The van der Waals surface area contributed by atoms with Crippen molar-refractivity contribution in [2.75, 3.05) is 13.7 Å². The summed E-state index contributed by atoms with van der Waals surface area (Å²) in [5.74, 6) is -0.0260. The number of carbonyl (C=O) groups is 1. The van der Waals surface area contributed by atoms with E-state index in [1.165, 1.54) is 109 Å². The molecule has 5 heteroatoms. The molecule has 0 amide bonds. The first kappa shape index (κ1) is 27.9. The van der Waals surface area contributed by atoms with Crippen LogP contribution in [0.5, 0.6) is 5.75 Å². The Labute approximate surface area is 205 Å². The number of ether oxygens (including phenoxy) is 2. The molecule has 0 spiro atoms. The van der Waals surface area contributed by atoms with Gasteiger partial charge in [0.1, 0.15) is 16.9 Å². The first-order valence-corrected chi connectivity index (χ1v) is 13.4. The van der Waals surface area contributed by atoms with Gasteiger partial charge in [-0.05, 0) is 24.6 Å². The minimum Gasteiger partial charge on any atom is -0.493 e. The van der Waals surface area contributed by atoms with Gasteiger partial charge in [-0.15, -0.1) is 0 Å². The van der Waals surface area contributed by atoms with Crippen LogP contribution in [0, 0.1) is 0 Å². The Kier molecular flexibility index (Phi) is 14.1. The fraction of sp³-hybridized carbons (Fsp3) is 0.655. The van der Waals surface area contributed by atoms with Crippen molar-refractivity contribution in [3.63, 3.8) is 0 Å². The average Bonchev–Trinajstić information content (AvgIpc) is 2.85. The molecule has 0 unspecified atom stereocenters. The highest BCUT2D eigenvalue weighted by Gasteiger charge is 2.14. The second-order valence-electron chi connectivity index (χ2n) is 9.29. The Bertz CT molecular complexity index is 886. The molecule has 5 nitrogen and oxygen atoms in total. The number of unbranched alkanes of at least 4 members (excludes halogenated alkanes) is 15. The molecule has 34 heavy (non-hydrogen) atoms. The van der Waals surface area contributed by atoms with Crippen LogP contribution in [-0.4, -0.2) is 19.7 Å². The highest BCUT2D eigenvalue weighted by molar-refractivity contribution is 5.92. The van der Waals surface area contributed by atoms with Gasteiger partial charge in [-0.1, -0.05) is 103 Å². The standard InChI is InChI=1S/C29H44O5/c1-3-4-5-6-7-8-9-10-11-12-13-14-15-16-17-18-21-33-25-20-19-24-22-26(28(30)32-2)29(31)34-27(24)23-25/h19-20,22-23H,3-18,21H2,1-2H3. The Balaban J connectivity index is 1.48. The number of esters is 1. The van der Waals surface area contributed by atoms with Gasteiger partial charge in [-0.25, -0.2) is 9.59 Å². The molecule has 0 aliphatic rings. The SMILES string of the molecule is CCCCCCCCCCCCCCCCCCOc1ccc2cc(C(=O)OC)c(=O)oc2c1. The lowest BCUT2D eigenvalue weighted by molar-refractivity contribution is 0.0596. The van der Waals surface area contributed by atoms with Crippen molar-refractivity contribution in [1.82, 2.24) is 0 Å². The predicted octanol–water partition coefficient (Wildman–Crippen LogP) is 8.22. The lowest BCUT2D eigenvalue weighted by Crippen LogP contribution is -2.14. The number of benzene rings is 1. The maximum Gasteiger partial charge on any atom is 0.351 e. The number of hydrogen-bond acceptors (Lipinski definition) is 5. The Morgan fingerprint density at radius 1 is 0.765 bits per heavy atom. The van der Waals surface area contributed by atoms with E-state index in [2.05, 4.69) is 11.7 Å². The van der Waals surface area contributed by atoms with Crippen molar-refractivity contribution in [2.45, 2.75) is 110 Å². The molecule has 0 saturated heterocycles. The Hall–Kier alpha value is -2.30. The third kappa shape index (κ3) is 10.8. The Morgan fingerprint density at radius 2 is 1.29 bits per heavy atom. The van der Waals surface area contributed by atoms with Crippen molar-refractivity contribution in [2.24, 2.45) is 0 Å². The molecule has 1 heterocycles. The third-order valence-electron chi connectivity index (χ3n) is 6.38. The largest absolute Gasteiger partial charge is 0.493 e. The molecule has 2 rings (SSSR count). The van der Waals surface area contributed by atoms with E-state index in [1.54, 1.807) is 12.1 Å². The molecule has 1 aromatic heterocycles. The van der Waals surface area contributed by atoms with Crippen LogP contribution in [0.3, 0.4) is 0 Å². The molecule has 2 aromatic rings. The highest BCUT2D eigenvalue weighted by atomic mass is 16.5. The van der Waals surface area contributed by atoms with E-state index in [4.69, 9.17) is 9.15 Å². The molecular weight excluding hydrogens is 428 g/mol. The second kappa shape index (κ2) is 17.2. The minimum absolute atomic E-state index is 0.100. The first-order valence-electron chi connectivity index (χ1n) is 13.4. The van der Waals surface area contributed by atoms with E-state index >= 15 is 0 Å². The van der Waals surface area contributed by atoms with E-state index in [0.29, 0.717) is 23.3 Å². The summed E-state index contributed by atoms with van der Waals surface area (Å²) < 4.78 is 15.7. The van der Waals surface area contributed by atoms with E-state index < -0.39 is 11.6 Å². The summed E-state index contributed by atoms with van der Waals surface area (Å²) in [7, 11) is 1.24. The molecule has 0 N–H and O–H groups in total. The van der Waals surface area contributed by atoms with Crippen LogP contribution in [0.15, 0.2) is 33.5 Å². The number of methoxy groups -OCH3 is 1. The van der Waals surface area contributed by atoms with E-state index in [1.807, 2.05) is 6.07 Å². The van der Waals surface area contributed by atoms with Crippen molar-refractivity contribution in [3.05, 3.63) is 40.2 Å². The topological polar surface area (TPSA) is 65.7 Å². The van der Waals surface area contributed by atoms with Gasteiger partial charge in [-0.3, -0.25) is 0 Å². The van der Waals surface area contributed by atoms with Gasteiger partial charge >= 0.3 is 11.6 Å². The Morgan fingerprint density at radius 3 is 1.82 bits per heavy atom. The van der Waals surface area contributed by atoms with Crippen LogP contribution >= 0.6 is 0 Å². The van der Waals surface area contributed by atoms with E-state index in [-0.39, 0.29) is 5.56 Å². The molecule has 1 aromatic carbocycles. The number of hydrogen-bond donors (Lipinski definition) is 0. The molecule has 0 atom stereocenters. The third-order valence-corrected chi connectivity index (χ3v) is 6.38. The maximum atomic E-state index is 12.0. The molecule has 0 aliphatic carbocycles. The first-order chi connectivity index (χ1) is 16.7. The average molecular weight is 473 g/mol. The van der Waals surface area contributed by atoms with Crippen molar-refractivity contribution in [1.29, 1.82) is 0 Å².